The van der Waals surface area contributed by atoms with E-state index in [2.05, 4.69) is 4.90 Å². The van der Waals surface area contributed by atoms with Crippen molar-refractivity contribution < 1.29 is 9.53 Å². The number of ether oxygens (including phenoxy) is 1. The van der Waals surface area contributed by atoms with Gasteiger partial charge < -0.3 is 15.4 Å². The van der Waals surface area contributed by atoms with Gasteiger partial charge in [-0.3, -0.25) is 9.36 Å². The van der Waals surface area contributed by atoms with Gasteiger partial charge in [-0.25, -0.2) is 0 Å². The van der Waals surface area contributed by atoms with E-state index in [9.17, 15) is 4.79 Å². The summed E-state index contributed by atoms with van der Waals surface area (Å²) in [4.78, 5) is 14.8. The summed E-state index contributed by atoms with van der Waals surface area (Å²) in [5.74, 6) is 0.830. The van der Waals surface area contributed by atoms with Gasteiger partial charge in [0.25, 0.3) is 0 Å². The molecule has 5 heteroatoms. The maximum Gasteiger partial charge on any atom is 0.248 e. The number of nitrogens with two attached hydrogens (primary N) is 1. The minimum Gasteiger partial charge on any atom is -0.497 e. The molecule has 0 amide bonds. The highest BCUT2D eigenvalue weighted by Crippen LogP contribution is 2.27. The Labute approximate surface area is 138 Å². The Bertz CT molecular complexity index is 689. The van der Waals surface area contributed by atoms with Crippen molar-refractivity contribution in [1.29, 1.82) is 0 Å². The molecule has 1 aromatic heterocycles. The molecule has 2 aromatic rings. The van der Waals surface area contributed by atoms with Crippen molar-refractivity contribution in [1.82, 2.24) is 9.47 Å². The molecule has 5 nitrogen and oxygen atoms in total. The average molecular weight is 317 g/mol. The van der Waals surface area contributed by atoms with Gasteiger partial charge in [-0.2, -0.15) is 0 Å². The van der Waals surface area contributed by atoms with Crippen molar-refractivity contribution in [3.63, 3.8) is 0 Å². The number of carbonyl (C=O) groups excluding carboxylic acids is 1. The summed E-state index contributed by atoms with van der Waals surface area (Å²) in [5.41, 5.74) is 8.09. The maximum absolute atomic E-state index is 12.7. The molecule has 0 spiro atoms. The summed E-state index contributed by atoms with van der Waals surface area (Å²) in [7, 11) is 5.73. The third-order valence-electron chi connectivity index (χ3n) is 4.16. The van der Waals surface area contributed by atoms with Crippen LogP contribution in [0.1, 0.15) is 24.2 Å². The molecule has 126 valence electrons. The molecule has 0 saturated heterocycles. The van der Waals surface area contributed by atoms with Crippen LogP contribution < -0.4 is 10.5 Å². The van der Waals surface area contributed by atoms with E-state index in [0.29, 0.717) is 0 Å². The molecule has 0 aliphatic rings. The molecule has 2 N–H and O–H groups in total. The second-order valence-corrected chi connectivity index (χ2v) is 6.57. The van der Waals surface area contributed by atoms with Gasteiger partial charge in [0.1, 0.15) is 5.75 Å². The molecule has 0 saturated carbocycles. The molecule has 1 heterocycles. The Balaban J connectivity index is 2.50. The van der Waals surface area contributed by atoms with Gasteiger partial charge in [-0.05, 0) is 50.2 Å². The lowest BCUT2D eigenvalue weighted by molar-refractivity contribution is 0.0862. The lowest BCUT2D eigenvalue weighted by Crippen LogP contribution is -2.38. The number of carbonyl (C=O) groups is 1. The van der Waals surface area contributed by atoms with Crippen molar-refractivity contribution in [3.8, 4) is 5.75 Å². The normalized spacial score (nSPS) is 13.0. The second-order valence-electron chi connectivity index (χ2n) is 6.57. The van der Waals surface area contributed by atoms with E-state index >= 15 is 0 Å². The Morgan fingerprint density at radius 1 is 1.35 bits per heavy atom. The van der Waals surface area contributed by atoms with E-state index in [1.54, 1.807) is 11.7 Å². The molecular weight excluding hydrogens is 290 g/mol. The van der Waals surface area contributed by atoms with Crippen LogP contribution in [0.15, 0.2) is 24.4 Å². The van der Waals surface area contributed by atoms with E-state index in [-0.39, 0.29) is 11.8 Å². The van der Waals surface area contributed by atoms with Gasteiger partial charge >= 0.3 is 0 Å². The lowest BCUT2D eigenvalue weighted by Gasteiger charge is -2.15. The average Bonchev–Trinajstić information content (AvgIpc) is 2.89. The van der Waals surface area contributed by atoms with Crippen LogP contribution in [0.3, 0.4) is 0 Å². The van der Waals surface area contributed by atoms with E-state index in [4.69, 9.17) is 10.5 Å². The standard InChI is InChI=1S/C18H27N3O2/c1-12(2)17(19)18(22)21-11-13(8-9-20(3)4)15-10-14(23-5)6-7-16(15)21/h6-7,10-12,17H,8-9,19H2,1-5H3. The predicted octanol–water partition coefficient (Wildman–Crippen LogP) is 2.38. The van der Waals surface area contributed by atoms with Crippen LogP contribution in [0, 0.1) is 5.92 Å². The second kappa shape index (κ2) is 7.15. The number of benzene rings is 1. The van der Waals surface area contributed by atoms with E-state index in [1.807, 2.05) is 52.3 Å². The number of methoxy groups -OCH3 is 1. The number of likely N-dealkylation sites (N-methyl/N-ethyl adjacent to an activating group) is 1. The fourth-order valence-corrected chi connectivity index (χ4v) is 2.58. The van der Waals surface area contributed by atoms with Gasteiger partial charge in [0.15, 0.2) is 0 Å². The first-order valence-electron chi connectivity index (χ1n) is 7.97. The predicted molar refractivity (Wildman–Crippen MR) is 94.2 cm³/mol. The Kier molecular flexibility index (Phi) is 5.44. The highest BCUT2D eigenvalue weighted by atomic mass is 16.5. The van der Waals surface area contributed by atoms with Gasteiger partial charge in [-0.1, -0.05) is 13.8 Å². The first-order valence-corrected chi connectivity index (χ1v) is 7.97. The van der Waals surface area contributed by atoms with E-state index < -0.39 is 6.04 Å². The van der Waals surface area contributed by atoms with Crippen LogP contribution >= 0.6 is 0 Å². The van der Waals surface area contributed by atoms with Crippen molar-refractivity contribution >= 4 is 16.8 Å². The molecular formula is C18H27N3O2. The summed E-state index contributed by atoms with van der Waals surface area (Å²) in [6.07, 6.45) is 2.80. The summed E-state index contributed by atoms with van der Waals surface area (Å²) >= 11 is 0. The number of hydrogen-bond acceptors (Lipinski definition) is 4. The SMILES string of the molecule is COc1ccc2c(c1)c(CCN(C)C)cn2C(=O)C(N)C(C)C. The van der Waals surface area contributed by atoms with Crippen LogP contribution in [0.4, 0.5) is 0 Å². The molecule has 1 aromatic carbocycles. The van der Waals surface area contributed by atoms with Gasteiger partial charge in [-0.15, -0.1) is 0 Å². The zero-order valence-electron chi connectivity index (χ0n) is 14.7. The monoisotopic (exact) mass is 317 g/mol. The van der Waals surface area contributed by atoms with Crippen LogP contribution in [0.25, 0.3) is 10.9 Å². The zero-order chi connectivity index (χ0) is 17.1. The number of rotatable bonds is 6. The van der Waals surface area contributed by atoms with Gasteiger partial charge in [0.2, 0.25) is 5.91 Å². The Morgan fingerprint density at radius 3 is 2.61 bits per heavy atom. The molecule has 1 unspecified atom stereocenters. The summed E-state index contributed by atoms with van der Waals surface area (Å²) < 4.78 is 7.03. The number of aromatic nitrogens is 1. The van der Waals surface area contributed by atoms with Crippen molar-refractivity contribution in [2.24, 2.45) is 11.7 Å². The van der Waals surface area contributed by atoms with Crippen LogP contribution in [-0.2, 0) is 6.42 Å². The molecule has 0 fully saturated rings. The summed E-state index contributed by atoms with van der Waals surface area (Å²) in [6, 6.07) is 5.29. The fraction of sp³-hybridized carbons (Fsp3) is 0.500. The molecule has 0 aliphatic carbocycles. The number of hydrogen-bond donors (Lipinski definition) is 1. The highest BCUT2D eigenvalue weighted by molar-refractivity contribution is 5.97. The molecule has 1 atom stereocenters. The fourth-order valence-electron chi connectivity index (χ4n) is 2.58. The van der Waals surface area contributed by atoms with Gasteiger partial charge in [0.05, 0.1) is 18.7 Å². The Morgan fingerprint density at radius 2 is 2.04 bits per heavy atom. The molecule has 0 radical (unpaired) electrons. The minimum absolute atomic E-state index is 0.0636. The molecule has 23 heavy (non-hydrogen) atoms. The topological polar surface area (TPSA) is 60.5 Å². The molecule has 0 bridgehead atoms. The van der Waals surface area contributed by atoms with Crippen molar-refractivity contribution in [2.45, 2.75) is 26.3 Å². The van der Waals surface area contributed by atoms with Crippen LogP contribution in [0.2, 0.25) is 0 Å². The van der Waals surface area contributed by atoms with Gasteiger partial charge in [0, 0.05) is 18.1 Å². The Hall–Kier alpha value is -1.85. The summed E-state index contributed by atoms with van der Waals surface area (Å²) in [6.45, 7) is 4.84. The first-order chi connectivity index (χ1) is 10.8. The lowest BCUT2D eigenvalue weighted by atomic mass is 10.0. The number of nitrogens with zero attached hydrogens (tertiary/aromatic N) is 2. The number of fused-ring (bicyclic) bond motifs is 1. The first kappa shape index (κ1) is 17.5. The highest BCUT2D eigenvalue weighted by Gasteiger charge is 2.22. The summed E-state index contributed by atoms with van der Waals surface area (Å²) in [5, 5.41) is 1.05. The third kappa shape index (κ3) is 3.74. The van der Waals surface area contributed by atoms with E-state index in [0.717, 1.165) is 35.2 Å². The largest absolute Gasteiger partial charge is 0.497 e. The minimum atomic E-state index is -0.505. The third-order valence-corrected chi connectivity index (χ3v) is 4.16. The molecule has 0 aliphatic heterocycles. The van der Waals surface area contributed by atoms with Crippen molar-refractivity contribution in [3.05, 3.63) is 30.0 Å². The van der Waals surface area contributed by atoms with E-state index in [1.165, 1.54) is 0 Å². The van der Waals surface area contributed by atoms with Crippen LogP contribution in [0.5, 0.6) is 5.75 Å². The quantitative estimate of drug-likeness (QED) is 0.888. The molecule has 2 rings (SSSR count). The van der Waals surface area contributed by atoms with Crippen molar-refractivity contribution in [2.75, 3.05) is 27.7 Å². The van der Waals surface area contributed by atoms with Crippen LogP contribution in [-0.4, -0.2) is 49.2 Å². The smallest absolute Gasteiger partial charge is 0.248 e. The zero-order valence-corrected chi connectivity index (χ0v) is 14.7. The maximum atomic E-state index is 12.7.